The zero-order valence-corrected chi connectivity index (χ0v) is 33.3. The van der Waals surface area contributed by atoms with Gasteiger partial charge in [0.1, 0.15) is 17.3 Å². The molecule has 6 aliphatic rings. The van der Waals surface area contributed by atoms with Crippen LogP contribution in [0.3, 0.4) is 0 Å². The van der Waals surface area contributed by atoms with E-state index < -0.39 is 57.5 Å². The minimum Gasteiger partial charge on any atom is -0.496 e. The Hall–Kier alpha value is -4.76. The number of amides is 2. The van der Waals surface area contributed by atoms with E-state index in [0.29, 0.717) is 93.7 Å². The molecule has 2 amide bonds. The van der Waals surface area contributed by atoms with Crippen LogP contribution in [0.1, 0.15) is 68.3 Å². The van der Waals surface area contributed by atoms with Gasteiger partial charge < -0.3 is 34.7 Å². The molecule has 58 heavy (non-hydrogen) atoms. The number of methoxy groups -OCH3 is 2. The first-order chi connectivity index (χ1) is 27.9. The highest BCUT2D eigenvalue weighted by atomic mass is 16.5. The maximum atomic E-state index is 15.2. The number of ether oxygens (including phenoxy) is 2. The summed E-state index contributed by atoms with van der Waals surface area (Å²) in [5.74, 6) is -1.70. The number of hydrogen-bond donors (Lipinski definition) is 4. The molecule has 306 valence electrons. The molecule has 1 spiro atoms. The van der Waals surface area contributed by atoms with Crippen LogP contribution in [0.5, 0.6) is 5.75 Å². The Kier molecular flexibility index (Phi) is 8.94. The zero-order chi connectivity index (χ0) is 41.0. The van der Waals surface area contributed by atoms with Gasteiger partial charge in [-0.05, 0) is 84.9 Å². The lowest BCUT2D eigenvalue weighted by Crippen LogP contribution is -2.80. The normalized spacial score (nSPS) is 37.3. The molecule has 9 rings (SSSR count). The lowest BCUT2D eigenvalue weighted by molar-refractivity contribution is -0.201. The number of esters is 1. The van der Waals surface area contributed by atoms with E-state index in [1.165, 1.54) is 19.1 Å². The fourth-order valence-corrected chi connectivity index (χ4v) is 13.0. The third-order valence-corrected chi connectivity index (χ3v) is 15.2. The van der Waals surface area contributed by atoms with Crippen LogP contribution < -0.4 is 9.64 Å². The molecule has 1 saturated carbocycles. The van der Waals surface area contributed by atoms with Gasteiger partial charge in [-0.25, -0.2) is 0 Å². The maximum absolute atomic E-state index is 15.2. The summed E-state index contributed by atoms with van der Waals surface area (Å²) >= 11 is 0. The summed E-state index contributed by atoms with van der Waals surface area (Å²) in [7, 11) is 2.87. The molecule has 5 aliphatic heterocycles. The predicted octanol–water partition coefficient (Wildman–Crippen LogP) is 3.61. The van der Waals surface area contributed by atoms with Crippen LogP contribution in [0, 0.1) is 11.3 Å². The van der Waals surface area contributed by atoms with Crippen molar-refractivity contribution in [3.63, 3.8) is 0 Å². The molecule has 3 fully saturated rings. The summed E-state index contributed by atoms with van der Waals surface area (Å²) in [6.07, 6.45) is 5.12. The molecule has 2 bridgehead atoms. The van der Waals surface area contributed by atoms with E-state index in [-0.39, 0.29) is 18.1 Å². The highest BCUT2D eigenvalue weighted by Crippen LogP contribution is 2.68. The summed E-state index contributed by atoms with van der Waals surface area (Å²) in [6, 6.07) is 9.67. The van der Waals surface area contributed by atoms with E-state index in [1.807, 2.05) is 56.3 Å². The Morgan fingerprint density at radius 1 is 1.09 bits per heavy atom. The van der Waals surface area contributed by atoms with Gasteiger partial charge in [-0.15, -0.1) is 0 Å². The molecule has 3 aromatic rings. The van der Waals surface area contributed by atoms with Crippen molar-refractivity contribution >= 4 is 34.9 Å². The minimum absolute atomic E-state index is 0.167. The van der Waals surface area contributed by atoms with Crippen molar-refractivity contribution < 1.29 is 39.2 Å². The van der Waals surface area contributed by atoms with Crippen LogP contribution in [0.2, 0.25) is 0 Å². The van der Waals surface area contributed by atoms with Crippen LogP contribution in [0.15, 0.2) is 53.7 Å². The maximum Gasteiger partial charge on any atom is 0.322 e. The summed E-state index contributed by atoms with van der Waals surface area (Å²) in [6.45, 7) is 6.76. The summed E-state index contributed by atoms with van der Waals surface area (Å²) in [5, 5.41) is 41.5. The van der Waals surface area contributed by atoms with E-state index >= 15 is 4.79 Å². The second-order valence-electron chi connectivity index (χ2n) is 17.5. The quantitative estimate of drug-likeness (QED) is 0.0683. The van der Waals surface area contributed by atoms with E-state index in [0.717, 1.165) is 16.5 Å². The molecule has 2 saturated heterocycles. The highest BCUT2D eigenvalue weighted by molar-refractivity contribution is 5.97. The number of fused-ring (bicyclic) bond motifs is 6. The number of H-pyrrole nitrogens is 1. The molecule has 1 aliphatic carbocycles. The molecule has 2 aromatic carbocycles. The van der Waals surface area contributed by atoms with Crippen LogP contribution in [0.25, 0.3) is 21.3 Å². The van der Waals surface area contributed by atoms with Gasteiger partial charge in [-0.2, -0.15) is 0 Å². The van der Waals surface area contributed by atoms with E-state index in [9.17, 15) is 30.4 Å². The van der Waals surface area contributed by atoms with Crippen molar-refractivity contribution in [2.45, 2.75) is 92.6 Å². The van der Waals surface area contributed by atoms with Gasteiger partial charge in [0.2, 0.25) is 6.41 Å². The van der Waals surface area contributed by atoms with Gasteiger partial charge >= 0.3 is 5.97 Å². The Morgan fingerprint density at radius 3 is 2.59 bits per heavy atom. The van der Waals surface area contributed by atoms with Crippen molar-refractivity contribution in [3.8, 4) is 5.75 Å². The number of piperidine rings is 1. The average Bonchev–Trinajstić information content (AvgIpc) is 3.91. The standard InChI is InChI=1S/C43H51N7O8/c1-5-39(55)20-25-21-42(38(54)58-4,33-27(12-16-48(22-25)23-39)26-10-7-8-11-30(26)45-33)29-18-28-31(19-32(29)57-3)50(24-51)35-41(28)14-17-49-15-9-13-40(6-2,34(41)49)36(52)43(35,56)37(53)46-47-44/h7-11,13,18-19,24-25,34-36,45,52,55-56H,5-6,12,14-17,20-23H2,1-4H3/t25-,34+,35-,36-,39+,40-,41-,42+,43+/m1/s1. The monoisotopic (exact) mass is 793 g/mol. The average molecular weight is 794 g/mol. The third-order valence-electron chi connectivity index (χ3n) is 15.2. The van der Waals surface area contributed by atoms with Crippen LogP contribution in [0.4, 0.5) is 5.69 Å². The van der Waals surface area contributed by atoms with Crippen molar-refractivity contribution in [3.05, 3.63) is 81.4 Å². The van der Waals surface area contributed by atoms with Gasteiger partial charge in [-0.3, -0.25) is 24.2 Å². The van der Waals surface area contributed by atoms with Crippen molar-refractivity contribution in [2.24, 2.45) is 16.4 Å². The first-order valence-corrected chi connectivity index (χ1v) is 20.4. The third kappa shape index (κ3) is 4.79. The molecule has 6 heterocycles. The van der Waals surface area contributed by atoms with Crippen molar-refractivity contribution in [1.82, 2.24) is 14.8 Å². The van der Waals surface area contributed by atoms with Gasteiger partial charge in [0, 0.05) is 76.2 Å². The van der Waals surface area contributed by atoms with Crippen LogP contribution in [-0.2, 0) is 36.4 Å². The van der Waals surface area contributed by atoms with Crippen LogP contribution >= 0.6 is 0 Å². The number of benzene rings is 2. The Balaban J connectivity index is 1.38. The zero-order valence-electron chi connectivity index (χ0n) is 33.3. The topological polar surface area (TPSA) is 205 Å². The Bertz CT molecular complexity index is 2310. The van der Waals surface area contributed by atoms with Gasteiger partial charge in [0.25, 0.3) is 5.91 Å². The summed E-state index contributed by atoms with van der Waals surface area (Å²) in [5.41, 5.74) is 5.80. The number of nitrogens with zero attached hydrogens (tertiary/aromatic N) is 6. The molecule has 0 radical (unpaired) electrons. The summed E-state index contributed by atoms with van der Waals surface area (Å²) < 4.78 is 12.1. The number of aromatic amines is 1. The lowest BCUT2D eigenvalue weighted by Gasteiger charge is -2.63. The molecule has 10 atom stereocenters. The molecular weight excluding hydrogens is 743 g/mol. The number of azide groups is 1. The SMILES string of the molecule is CC[C@]1(O)C[C@H]2CN(CCc3c([nH]c4ccccc34)[C@@](C(=O)OC)(c3cc4c(cc3OC)N(C=O)[C@H]3[C@@](O)(C(=O)N=[N+]=[N-])[C@H](O)[C@]5(CC)C=CCN6CC[C@]43[C@@H]65)C2)C1. The van der Waals surface area contributed by atoms with Crippen LogP contribution in [-0.4, -0.2) is 125 Å². The van der Waals surface area contributed by atoms with Crippen molar-refractivity contribution in [2.75, 3.05) is 51.8 Å². The van der Waals surface area contributed by atoms with E-state index in [1.54, 1.807) is 6.07 Å². The molecule has 15 nitrogen and oxygen atoms in total. The molecule has 1 unspecified atom stereocenters. The highest BCUT2D eigenvalue weighted by Gasteiger charge is 2.79. The smallest absolute Gasteiger partial charge is 0.322 e. The largest absolute Gasteiger partial charge is 0.496 e. The number of aliphatic hydroxyl groups excluding tert-OH is 1. The number of aliphatic hydroxyl groups is 3. The fraction of sp³-hybridized carbons (Fsp3) is 0.558. The Morgan fingerprint density at radius 2 is 1.88 bits per heavy atom. The second-order valence-corrected chi connectivity index (χ2v) is 17.5. The lowest BCUT2D eigenvalue weighted by atomic mass is 9.47. The predicted molar refractivity (Wildman–Crippen MR) is 213 cm³/mol. The molecule has 15 heteroatoms. The Labute approximate surface area is 336 Å². The van der Waals surface area contributed by atoms with Gasteiger partial charge in [0.15, 0.2) is 5.60 Å². The number of para-hydroxylation sites is 1. The number of nitrogens with one attached hydrogen (secondary N) is 1. The number of carbonyl (C=O) groups is 3. The molecular formula is C43H51N7O8. The number of anilines is 1. The number of hydrogen-bond acceptors (Lipinski definition) is 10. The van der Waals surface area contributed by atoms with Gasteiger partial charge in [0.05, 0.1) is 31.5 Å². The van der Waals surface area contributed by atoms with E-state index in [4.69, 9.17) is 9.47 Å². The first-order valence-electron chi connectivity index (χ1n) is 20.4. The minimum atomic E-state index is -2.72. The number of aromatic nitrogens is 1. The van der Waals surface area contributed by atoms with Crippen molar-refractivity contribution in [1.29, 1.82) is 0 Å². The van der Waals surface area contributed by atoms with E-state index in [2.05, 4.69) is 24.8 Å². The first kappa shape index (κ1) is 38.7. The van der Waals surface area contributed by atoms with Gasteiger partial charge in [-0.1, -0.05) is 44.2 Å². The number of carbonyl (C=O) groups excluding carboxylic acids is 3. The molecule has 4 N–H and O–H groups in total. The summed E-state index contributed by atoms with van der Waals surface area (Å²) in [4.78, 5) is 55.1. The number of rotatable bonds is 7. The second kappa shape index (κ2) is 13.4. The fourth-order valence-electron chi connectivity index (χ4n) is 13.0. The molecule has 1 aromatic heterocycles.